The lowest BCUT2D eigenvalue weighted by Crippen LogP contribution is -2.04. The van der Waals surface area contributed by atoms with Crippen molar-refractivity contribution in [3.05, 3.63) is 157 Å². The van der Waals surface area contributed by atoms with Gasteiger partial charge in [-0.15, -0.1) is 0 Å². The van der Waals surface area contributed by atoms with Crippen molar-refractivity contribution in [2.24, 2.45) is 0 Å². The van der Waals surface area contributed by atoms with Crippen LogP contribution in [-0.2, 0) is 13.1 Å². The number of ether oxygens (including phenoxy) is 2. The summed E-state index contributed by atoms with van der Waals surface area (Å²) in [5.74, 6) is 1.59. The Kier molecular flexibility index (Phi) is 7.75. The minimum Gasteiger partial charge on any atom is -0.495 e. The summed E-state index contributed by atoms with van der Waals surface area (Å²) in [5, 5.41) is 17.4. The van der Waals surface area contributed by atoms with E-state index in [1.165, 1.54) is 54.2 Å². The van der Waals surface area contributed by atoms with Gasteiger partial charge >= 0.3 is 0 Å². The van der Waals surface area contributed by atoms with Gasteiger partial charge in [0.1, 0.15) is 11.5 Å². The molecule has 8 aromatic carbocycles. The van der Waals surface area contributed by atoms with Gasteiger partial charge in [-0.05, 0) is 102 Å². The zero-order valence-corrected chi connectivity index (χ0v) is 27.1. The molecule has 0 aromatic heterocycles. The lowest BCUT2D eigenvalue weighted by Gasteiger charge is -2.17. The summed E-state index contributed by atoms with van der Waals surface area (Å²) in [6.07, 6.45) is 0. The molecule has 0 radical (unpaired) electrons. The van der Waals surface area contributed by atoms with Gasteiger partial charge in [-0.3, -0.25) is 0 Å². The Morgan fingerprint density at radius 3 is 1.06 bits per heavy atom. The summed E-state index contributed by atoms with van der Waals surface area (Å²) in [7, 11) is 3.45. The molecule has 0 atom stereocenters. The number of hydrogen-bond donors (Lipinski definition) is 2. The quantitative estimate of drug-likeness (QED) is 0.157. The molecule has 0 saturated heterocycles. The van der Waals surface area contributed by atoms with Crippen LogP contribution < -0.4 is 20.1 Å². The molecule has 0 aliphatic carbocycles. The fourth-order valence-corrected chi connectivity index (χ4v) is 7.00. The summed E-state index contributed by atoms with van der Waals surface area (Å²) in [5.41, 5.74) is 6.56. The van der Waals surface area contributed by atoms with E-state index in [9.17, 15) is 0 Å². The van der Waals surface area contributed by atoms with E-state index in [1.807, 2.05) is 0 Å². The summed E-state index contributed by atoms with van der Waals surface area (Å²) >= 11 is 0. The maximum atomic E-state index is 5.90. The molecule has 0 unspecified atom stereocenters. The third kappa shape index (κ3) is 5.41. The Morgan fingerprint density at radius 1 is 0.396 bits per heavy atom. The van der Waals surface area contributed by atoms with Crippen molar-refractivity contribution in [3.8, 4) is 22.6 Å². The molecular formula is C44H36N2O2. The topological polar surface area (TPSA) is 42.5 Å². The first-order chi connectivity index (χ1) is 23.7. The second-order valence-electron chi connectivity index (χ2n) is 12.1. The van der Waals surface area contributed by atoms with E-state index < -0.39 is 0 Å². The Morgan fingerprint density at radius 2 is 0.729 bits per heavy atom. The van der Waals surface area contributed by atoms with Crippen molar-refractivity contribution in [2.75, 3.05) is 24.9 Å². The molecule has 0 fully saturated rings. The molecule has 0 aliphatic rings. The van der Waals surface area contributed by atoms with Crippen LogP contribution in [-0.4, -0.2) is 14.2 Å². The molecule has 8 rings (SSSR count). The van der Waals surface area contributed by atoms with E-state index in [2.05, 4.69) is 156 Å². The van der Waals surface area contributed by atoms with Gasteiger partial charge in [-0.2, -0.15) is 0 Å². The molecule has 8 aromatic rings. The minimum atomic E-state index is 0.678. The number of methoxy groups -OCH3 is 2. The molecule has 234 valence electrons. The average molecular weight is 625 g/mol. The van der Waals surface area contributed by atoms with E-state index in [0.717, 1.165) is 34.0 Å². The smallest absolute Gasteiger partial charge is 0.142 e. The zero-order valence-electron chi connectivity index (χ0n) is 27.1. The van der Waals surface area contributed by atoms with Crippen molar-refractivity contribution in [1.29, 1.82) is 0 Å². The van der Waals surface area contributed by atoms with Gasteiger partial charge in [-0.1, -0.05) is 109 Å². The zero-order chi connectivity index (χ0) is 32.5. The van der Waals surface area contributed by atoms with Crippen molar-refractivity contribution in [3.63, 3.8) is 0 Å². The van der Waals surface area contributed by atoms with Gasteiger partial charge in [0.15, 0.2) is 0 Å². The van der Waals surface area contributed by atoms with Gasteiger partial charge in [-0.25, -0.2) is 0 Å². The van der Waals surface area contributed by atoms with E-state index in [4.69, 9.17) is 9.47 Å². The predicted octanol–water partition coefficient (Wildman–Crippen LogP) is 11.2. The second-order valence-corrected chi connectivity index (χ2v) is 12.1. The lowest BCUT2D eigenvalue weighted by molar-refractivity contribution is 0.416. The molecule has 4 nitrogen and oxygen atoms in total. The van der Waals surface area contributed by atoms with Crippen LogP contribution in [0, 0.1) is 0 Å². The maximum absolute atomic E-state index is 5.90. The SMILES string of the molecule is COc1cc(-c2ccc(NCc3c4ccccc4cc4ccccc34)c(OC)c2)ccc1NCc1c2ccccc2cc2ccccc12. The Bertz CT molecular complexity index is 2170. The van der Waals surface area contributed by atoms with Crippen LogP contribution >= 0.6 is 0 Å². The van der Waals surface area contributed by atoms with E-state index in [1.54, 1.807) is 14.2 Å². The number of rotatable bonds is 9. The molecule has 0 aliphatic heterocycles. The Balaban J connectivity index is 1.06. The van der Waals surface area contributed by atoms with Crippen LogP contribution in [0.1, 0.15) is 11.1 Å². The molecule has 0 spiro atoms. The summed E-state index contributed by atoms with van der Waals surface area (Å²) in [6, 6.07) is 51.6. The first kappa shape index (κ1) is 29.4. The molecule has 48 heavy (non-hydrogen) atoms. The van der Waals surface area contributed by atoms with Gasteiger partial charge in [0.05, 0.1) is 25.6 Å². The Labute approximate surface area is 280 Å². The maximum Gasteiger partial charge on any atom is 0.142 e. The van der Waals surface area contributed by atoms with Crippen molar-refractivity contribution >= 4 is 54.5 Å². The number of benzene rings is 8. The normalized spacial score (nSPS) is 11.3. The van der Waals surface area contributed by atoms with Crippen LogP contribution in [0.3, 0.4) is 0 Å². The fourth-order valence-electron chi connectivity index (χ4n) is 7.00. The average Bonchev–Trinajstić information content (AvgIpc) is 3.15. The largest absolute Gasteiger partial charge is 0.495 e. The van der Waals surface area contributed by atoms with Crippen LogP contribution in [0.15, 0.2) is 146 Å². The summed E-state index contributed by atoms with van der Waals surface area (Å²) < 4.78 is 11.8. The minimum absolute atomic E-state index is 0.678. The van der Waals surface area contributed by atoms with Gasteiger partial charge in [0.25, 0.3) is 0 Å². The fraction of sp³-hybridized carbons (Fsp3) is 0.0909. The van der Waals surface area contributed by atoms with Crippen LogP contribution in [0.25, 0.3) is 54.2 Å². The molecule has 0 heterocycles. The van der Waals surface area contributed by atoms with E-state index >= 15 is 0 Å². The van der Waals surface area contributed by atoms with Gasteiger partial charge in [0.2, 0.25) is 0 Å². The van der Waals surface area contributed by atoms with Gasteiger partial charge in [0, 0.05) is 13.1 Å². The first-order valence-electron chi connectivity index (χ1n) is 16.3. The highest BCUT2D eigenvalue weighted by molar-refractivity contribution is 6.03. The third-order valence-electron chi connectivity index (χ3n) is 9.41. The molecule has 0 amide bonds. The standard InChI is InChI=1S/C44H36N2O2/c1-47-43-25-29(19-21-41(43)45-27-39-35-15-7-3-11-31(35)23-32-12-4-8-16-36(32)39)30-20-22-42(44(26-30)48-2)46-28-40-37-17-9-5-13-33(37)24-34-14-6-10-18-38(34)40/h3-26,45-46H,27-28H2,1-2H3. The predicted molar refractivity (Wildman–Crippen MR) is 203 cm³/mol. The number of fused-ring (bicyclic) bond motifs is 4. The van der Waals surface area contributed by atoms with Crippen molar-refractivity contribution < 1.29 is 9.47 Å². The highest BCUT2D eigenvalue weighted by atomic mass is 16.5. The molecular weight excluding hydrogens is 588 g/mol. The number of hydrogen-bond acceptors (Lipinski definition) is 4. The second kappa shape index (κ2) is 12.7. The van der Waals surface area contributed by atoms with Gasteiger partial charge < -0.3 is 20.1 Å². The van der Waals surface area contributed by atoms with Crippen LogP contribution in [0.2, 0.25) is 0 Å². The molecule has 0 saturated carbocycles. The highest BCUT2D eigenvalue weighted by Gasteiger charge is 2.13. The van der Waals surface area contributed by atoms with E-state index in [-0.39, 0.29) is 0 Å². The van der Waals surface area contributed by atoms with Crippen LogP contribution in [0.4, 0.5) is 11.4 Å². The number of anilines is 2. The van der Waals surface area contributed by atoms with Crippen LogP contribution in [0.5, 0.6) is 11.5 Å². The summed E-state index contributed by atoms with van der Waals surface area (Å²) in [4.78, 5) is 0. The number of nitrogens with one attached hydrogen (secondary N) is 2. The molecule has 0 bridgehead atoms. The third-order valence-corrected chi connectivity index (χ3v) is 9.41. The first-order valence-corrected chi connectivity index (χ1v) is 16.3. The van der Waals surface area contributed by atoms with Crippen molar-refractivity contribution in [1.82, 2.24) is 0 Å². The Hall–Kier alpha value is -6.00. The lowest BCUT2D eigenvalue weighted by atomic mass is 9.96. The summed E-state index contributed by atoms with van der Waals surface area (Å²) in [6.45, 7) is 1.36. The molecule has 2 N–H and O–H groups in total. The monoisotopic (exact) mass is 624 g/mol. The van der Waals surface area contributed by atoms with E-state index in [0.29, 0.717) is 13.1 Å². The van der Waals surface area contributed by atoms with Crippen molar-refractivity contribution in [2.45, 2.75) is 13.1 Å². The highest BCUT2D eigenvalue weighted by Crippen LogP contribution is 2.37. The molecule has 4 heteroatoms.